The minimum absolute atomic E-state index is 0.180. The largest absolute Gasteiger partial charge is 0.417 e. The molecular weight excluding hydrogens is 527 g/mol. The fourth-order valence-electron chi connectivity index (χ4n) is 4.80. The minimum atomic E-state index is -4.41. The molecule has 7 nitrogen and oxygen atoms in total. The standard InChI is InChI=1S/C28H26F3N5O2S/c29-28(30,31)23-7-2-1-6-22(23)18-5-3-4-17(14-18)16-33-19-8-10-20(11-9-19)34-26-32-13-12-21(35-26)15-24-25(37)36-27(38)39-24/h1-7,12-15,19-20,33H,8-11,16H2,(H,32,34,35)(H,36,37,38)/b24-15-/t19-,20-. The lowest BCUT2D eigenvalue weighted by Crippen LogP contribution is -2.36. The Morgan fingerprint density at radius 3 is 2.51 bits per heavy atom. The number of amides is 2. The highest BCUT2D eigenvalue weighted by molar-refractivity contribution is 8.18. The quantitative estimate of drug-likeness (QED) is 0.309. The molecule has 1 aliphatic heterocycles. The van der Waals surface area contributed by atoms with Gasteiger partial charge >= 0.3 is 6.18 Å². The third-order valence-corrected chi connectivity index (χ3v) is 7.53. The molecule has 0 spiro atoms. The van der Waals surface area contributed by atoms with Gasteiger partial charge in [-0.3, -0.25) is 14.9 Å². The van der Waals surface area contributed by atoms with Crippen molar-refractivity contribution in [2.24, 2.45) is 0 Å². The number of anilines is 1. The lowest BCUT2D eigenvalue weighted by Gasteiger charge is -2.30. The Morgan fingerprint density at radius 1 is 1.00 bits per heavy atom. The van der Waals surface area contributed by atoms with E-state index in [1.165, 1.54) is 12.1 Å². The van der Waals surface area contributed by atoms with Gasteiger partial charge in [0.15, 0.2) is 0 Å². The van der Waals surface area contributed by atoms with Gasteiger partial charge in [-0.05, 0) is 78.4 Å². The zero-order valence-corrected chi connectivity index (χ0v) is 21.6. The van der Waals surface area contributed by atoms with Gasteiger partial charge in [0.25, 0.3) is 11.1 Å². The van der Waals surface area contributed by atoms with Crippen LogP contribution in [0.25, 0.3) is 17.2 Å². The van der Waals surface area contributed by atoms with Crippen LogP contribution in [0.3, 0.4) is 0 Å². The topological polar surface area (TPSA) is 96.0 Å². The molecule has 1 aromatic heterocycles. The molecule has 1 saturated heterocycles. The van der Waals surface area contributed by atoms with Crippen molar-refractivity contribution in [2.45, 2.75) is 50.5 Å². The Morgan fingerprint density at radius 2 is 1.77 bits per heavy atom. The van der Waals surface area contributed by atoms with E-state index in [9.17, 15) is 22.8 Å². The molecule has 2 amide bonds. The number of alkyl halides is 3. The molecule has 0 radical (unpaired) electrons. The van der Waals surface area contributed by atoms with Crippen molar-refractivity contribution < 1.29 is 22.8 Å². The predicted molar refractivity (Wildman–Crippen MR) is 145 cm³/mol. The molecule has 5 rings (SSSR count). The van der Waals surface area contributed by atoms with Crippen LogP contribution in [0.5, 0.6) is 0 Å². The fourth-order valence-corrected chi connectivity index (χ4v) is 5.46. The number of nitrogens with zero attached hydrogens (tertiary/aromatic N) is 2. The molecule has 2 aliphatic rings. The van der Waals surface area contributed by atoms with Crippen molar-refractivity contribution in [2.75, 3.05) is 5.32 Å². The molecule has 1 saturated carbocycles. The molecule has 2 heterocycles. The Labute approximate surface area is 227 Å². The first-order valence-electron chi connectivity index (χ1n) is 12.6. The maximum Gasteiger partial charge on any atom is 0.417 e. The van der Waals surface area contributed by atoms with Crippen molar-refractivity contribution >= 4 is 34.9 Å². The van der Waals surface area contributed by atoms with Gasteiger partial charge in [-0.25, -0.2) is 9.97 Å². The van der Waals surface area contributed by atoms with Crippen molar-refractivity contribution in [1.29, 1.82) is 0 Å². The van der Waals surface area contributed by atoms with E-state index < -0.39 is 22.9 Å². The highest BCUT2D eigenvalue weighted by Gasteiger charge is 2.33. The summed E-state index contributed by atoms with van der Waals surface area (Å²) in [5.41, 5.74) is 1.56. The average Bonchev–Trinajstić information content (AvgIpc) is 3.24. The summed E-state index contributed by atoms with van der Waals surface area (Å²) in [7, 11) is 0. The second-order valence-electron chi connectivity index (χ2n) is 9.47. The zero-order valence-electron chi connectivity index (χ0n) is 20.8. The van der Waals surface area contributed by atoms with Crippen LogP contribution < -0.4 is 16.0 Å². The van der Waals surface area contributed by atoms with Gasteiger partial charge in [0.05, 0.1) is 16.2 Å². The van der Waals surface area contributed by atoms with E-state index in [2.05, 4.69) is 25.9 Å². The minimum Gasteiger partial charge on any atom is -0.351 e. The lowest BCUT2D eigenvalue weighted by molar-refractivity contribution is -0.137. The maximum absolute atomic E-state index is 13.5. The number of carbonyl (C=O) groups excluding carboxylic acids is 2. The van der Waals surface area contributed by atoms with Crippen molar-refractivity contribution in [3.05, 3.63) is 82.5 Å². The van der Waals surface area contributed by atoms with Crippen LogP contribution in [-0.4, -0.2) is 33.2 Å². The Kier molecular flexibility index (Phi) is 7.99. The average molecular weight is 554 g/mol. The molecule has 3 N–H and O–H groups in total. The molecule has 2 aromatic carbocycles. The first kappa shape index (κ1) is 26.9. The summed E-state index contributed by atoms with van der Waals surface area (Å²) in [4.78, 5) is 32.2. The van der Waals surface area contributed by atoms with Crippen LogP contribution in [0.4, 0.5) is 23.9 Å². The SMILES string of the molecule is O=C1NC(=O)/C(=C/c2ccnc(N[C@H]3CC[C@H](NCc4cccc(-c5ccccc5C(F)(F)F)c4)CC3)n2)S1. The summed E-state index contributed by atoms with van der Waals surface area (Å²) in [5, 5.41) is 8.73. The fraction of sp³-hybridized carbons (Fsp3) is 0.286. The Bertz CT molecular complexity index is 1400. The second kappa shape index (κ2) is 11.6. The first-order valence-corrected chi connectivity index (χ1v) is 13.4. The maximum atomic E-state index is 13.5. The van der Waals surface area contributed by atoms with E-state index in [1.807, 2.05) is 12.1 Å². The molecular formula is C28H26F3N5O2S. The van der Waals surface area contributed by atoms with E-state index in [1.54, 1.807) is 36.5 Å². The summed E-state index contributed by atoms with van der Waals surface area (Å²) in [6, 6.07) is 15.0. The van der Waals surface area contributed by atoms with E-state index in [0.717, 1.165) is 49.1 Å². The number of halogens is 3. The van der Waals surface area contributed by atoms with Crippen LogP contribution >= 0.6 is 11.8 Å². The lowest BCUT2D eigenvalue weighted by atomic mass is 9.91. The van der Waals surface area contributed by atoms with E-state index >= 15 is 0 Å². The van der Waals surface area contributed by atoms with E-state index in [0.29, 0.717) is 34.7 Å². The molecule has 0 bridgehead atoms. The van der Waals surface area contributed by atoms with Crippen LogP contribution in [0.2, 0.25) is 0 Å². The van der Waals surface area contributed by atoms with E-state index in [-0.39, 0.29) is 11.6 Å². The molecule has 39 heavy (non-hydrogen) atoms. The molecule has 0 unspecified atom stereocenters. The van der Waals surface area contributed by atoms with Crippen LogP contribution in [0.1, 0.15) is 42.5 Å². The van der Waals surface area contributed by atoms with Gasteiger partial charge in [0.2, 0.25) is 5.95 Å². The van der Waals surface area contributed by atoms with Crippen molar-refractivity contribution in [3.63, 3.8) is 0 Å². The van der Waals surface area contributed by atoms with Gasteiger partial charge in [0.1, 0.15) is 0 Å². The summed E-state index contributed by atoms with van der Waals surface area (Å²) in [6.45, 7) is 0.568. The smallest absolute Gasteiger partial charge is 0.351 e. The number of hydrogen-bond acceptors (Lipinski definition) is 7. The molecule has 11 heteroatoms. The number of aromatic nitrogens is 2. The number of hydrogen-bond donors (Lipinski definition) is 3. The van der Waals surface area contributed by atoms with Gasteiger partial charge in [0, 0.05) is 24.8 Å². The highest BCUT2D eigenvalue weighted by atomic mass is 32.2. The zero-order chi connectivity index (χ0) is 27.4. The highest BCUT2D eigenvalue weighted by Crippen LogP contribution is 2.37. The van der Waals surface area contributed by atoms with Crippen LogP contribution in [0, 0.1) is 0 Å². The van der Waals surface area contributed by atoms with Gasteiger partial charge < -0.3 is 10.6 Å². The molecule has 1 aliphatic carbocycles. The monoisotopic (exact) mass is 553 g/mol. The molecule has 0 atom stereocenters. The third-order valence-electron chi connectivity index (χ3n) is 6.72. The Hall–Kier alpha value is -3.70. The predicted octanol–water partition coefficient (Wildman–Crippen LogP) is 6.00. The number of rotatable bonds is 7. The summed E-state index contributed by atoms with van der Waals surface area (Å²) < 4.78 is 40.4. The summed E-state index contributed by atoms with van der Waals surface area (Å²) >= 11 is 0.843. The van der Waals surface area contributed by atoms with Crippen LogP contribution in [0.15, 0.2) is 65.7 Å². The van der Waals surface area contributed by atoms with Crippen molar-refractivity contribution in [1.82, 2.24) is 20.6 Å². The molecule has 2 fully saturated rings. The number of benzene rings is 2. The number of thioether (sulfide) groups is 1. The van der Waals surface area contributed by atoms with Crippen molar-refractivity contribution in [3.8, 4) is 11.1 Å². The summed E-state index contributed by atoms with van der Waals surface area (Å²) in [5.74, 6) is 0.0354. The number of nitrogens with one attached hydrogen (secondary N) is 3. The van der Waals surface area contributed by atoms with E-state index in [4.69, 9.17) is 0 Å². The van der Waals surface area contributed by atoms with Gasteiger partial charge in [-0.2, -0.15) is 13.2 Å². The Balaban J connectivity index is 1.14. The number of carbonyl (C=O) groups is 2. The second-order valence-corrected chi connectivity index (χ2v) is 10.5. The normalized spacial score (nSPS) is 20.7. The third kappa shape index (κ3) is 6.85. The summed E-state index contributed by atoms with van der Waals surface area (Å²) in [6.07, 6.45) is 2.42. The van der Waals surface area contributed by atoms with Crippen LogP contribution in [-0.2, 0) is 17.5 Å². The van der Waals surface area contributed by atoms with Gasteiger partial charge in [-0.15, -0.1) is 0 Å². The molecule has 202 valence electrons. The number of imide groups is 1. The van der Waals surface area contributed by atoms with Gasteiger partial charge in [-0.1, -0.05) is 36.4 Å². The first-order chi connectivity index (χ1) is 18.7. The molecule has 3 aromatic rings.